The molecule has 2 rings (SSSR count). The van der Waals surface area contributed by atoms with Crippen molar-refractivity contribution in [2.75, 3.05) is 40.3 Å². The molecule has 150 valence electrons. The predicted octanol–water partition coefficient (Wildman–Crippen LogP) is 1.88. The highest BCUT2D eigenvalue weighted by atomic mass is 127. The third kappa shape index (κ3) is 7.36. The van der Waals surface area contributed by atoms with Crippen molar-refractivity contribution >= 4 is 41.8 Å². The molecule has 0 saturated carbocycles. The number of rotatable bonds is 6. The molecule has 8 heteroatoms. The van der Waals surface area contributed by atoms with Crippen molar-refractivity contribution in [3.63, 3.8) is 0 Å². The number of hydrogen-bond acceptors (Lipinski definition) is 4. The number of hydrogen-bond donors (Lipinski definition) is 2. The molecule has 1 saturated heterocycles. The van der Waals surface area contributed by atoms with Gasteiger partial charge >= 0.3 is 5.97 Å². The lowest BCUT2D eigenvalue weighted by Crippen LogP contribution is -2.47. The molecule has 0 unspecified atom stereocenters. The van der Waals surface area contributed by atoms with E-state index in [4.69, 9.17) is 4.74 Å². The zero-order chi connectivity index (χ0) is 18.8. The van der Waals surface area contributed by atoms with Crippen LogP contribution in [-0.4, -0.2) is 63.1 Å². The van der Waals surface area contributed by atoms with Gasteiger partial charge in [-0.25, -0.2) is 0 Å². The highest BCUT2D eigenvalue weighted by Gasteiger charge is 2.26. The van der Waals surface area contributed by atoms with Gasteiger partial charge in [0.15, 0.2) is 5.96 Å². The van der Waals surface area contributed by atoms with Crippen LogP contribution in [0.15, 0.2) is 35.3 Å². The molecule has 1 aliphatic heterocycles. The summed E-state index contributed by atoms with van der Waals surface area (Å²) in [6.07, 6.45) is 2.36. The summed E-state index contributed by atoms with van der Waals surface area (Å²) >= 11 is 0. The van der Waals surface area contributed by atoms with Crippen LogP contribution in [0.1, 0.15) is 29.6 Å². The van der Waals surface area contributed by atoms with Crippen molar-refractivity contribution in [1.82, 2.24) is 15.5 Å². The van der Waals surface area contributed by atoms with Gasteiger partial charge in [0, 0.05) is 38.8 Å². The summed E-state index contributed by atoms with van der Waals surface area (Å²) in [5.74, 6) is 0.645. The summed E-state index contributed by atoms with van der Waals surface area (Å²) in [5, 5.41) is 6.23. The fraction of sp³-hybridized carbons (Fsp3) is 0.526. The summed E-state index contributed by atoms with van der Waals surface area (Å²) in [4.78, 5) is 30.0. The number of halogens is 1. The maximum Gasteiger partial charge on any atom is 0.308 e. The lowest BCUT2D eigenvalue weighted by Gasteiger charge is -2.33. The SMILES string of the molecule is CN=C(NCCCNC(=O)c1ccccc1)N1CCC(C(=O)OC)CC1.I. The molecule has 1 aliphatic rings. The number of nitrogens with zero attached hydrogens (tertiary/aromatic N) is 2. The Morgan fingerprint density at radius 1 is 1.15 bits per heavy atom. The summed E-state index contributed by atoms with van der Waals surface area (Å²) in [6, 6.07) is 9.19. The molecule has 0 spiro atoms. The topological polar surface area (TPSA) is 83.0 Å². The number of amides is 1. The van der Waals surface area contributed by atoms with Crippen LogP contribution in [0.25, 0.3) is 0 Å². The number of methoxy groups -OCH3 is 1. The number of likely N-dealkylation sites (tertiary alicyclic amines) is 1. The standard InChI is InChI=1S/C19H28N4O3.HI/c1-20-19(23-13-9-16(10-14-23)18(25)26-2)22-12-6-11-21-17(24)15-7-4-3-5-8-15;/h3-5,7-8,16H,6,9-14H2,1-2H3,(H,20,22)(H,21,24);1H. The molecule has 1 fully saturated rings. The molecular weight excluding hydrogens is 459 g/mol. The first-order valence-electron chi connectivity index (χ1n) is 9.02. The molecule has 1 heterocycles. The number of piperidine rings is 1. The van der Waals surface area contributed by atoms with Gasteiger partial charge in [0.05, 0.1) is 13.0 Å². The molecule has 1 aromatic rings. The summed E-state index contributed by atoms with van der Waals surface area (Å²) in [5.41, 5.74) is 0.671. The number of carbonyl (C=O) groups excluding carboxylic acids is 2. The lowest BCUT2D eigenvalue weighted by molar-refractivity contribution is -0.146. The van der Waals surface area contributed by atoms with E-state index < -0.39 is 0 Å². The second-order valence-corrected chi connectivity index (χ2v) is 6.23. The minimum Gasteiger partial charge on any atom is -0.469 e. The second kappa shape index (κ2) is 12.5. The number of aliphatic imine (C=N–C) groups is 1. The molecule has 0 aromatic heterocycles. The molecule has 27 heavy (non-hydrogen) atoms. The maximum atomic E-state index is 12.0. The Balaban J connectivity index is 0.00000364. The lowest BCUT2D eigenvalue weighted by atomic mass is 9.97. The normalized spacial score (nSPS) is 14.9. The van der Waals surface area contributed by atoms with Crippen molar-refractivity contribution in [2.24, 2.45) is 10.9 Å². The van der Waals surface area contributed by atoms with Crippen LogP contribution in [-0.2, 0) is 9.53 Å². The van der Waals surface area contributed by atoms with E-state index in [9.17, 15) is 9.59 Å². The average Bonchev–Trinajstić information content (AvgIpc) is 2.70. The average molecular weight is 488 g/mol. The smallest absolute Gasteiger partial charge is 0.308 e. The van der Waals surface area contributed by atoms with Crippen LogP contribution >= 0.6 is 24.0 Å². The molecule has 1 amide bonds. The van der Waals surface area contributed by atoms with E-state index in [1.807, 2.05) is 18.2 Å². The van der Waals surface area contributed by atoms with Gasteiger partial charge in [0.25, 0.3) is 5.91 Å². The fourth-order valence-corrected chi connectivity index (χ4v) is 3.01. The van der Waals surface area contributed by atoms with Crippen LogP contribution in [0.4, 0.5) is 0 Å². The van der Waals surface area contributed by atoms with Gasteiger partial charge in [-0.05, 0) is 31.4 Å². The number of carbonyl (C=O) groups is 2. The van der Waals surface area contributed by atoms with Gasteiger partial charge in [-0.15, -0.1) is 24.0 Å². The van der Waals surface area contributed by atoms with Gasteiger partial charge < -0.3 is 20.3 Å². The van der Waals surface area contributed by atoms with E-state index in [1.54, 1.807) is 19.2 Å². The van der Waals surface area contributed by atoms with Crippen LogP contribution in [0.5, 0.6) is 0 Å². The van der Waals surface area contributed by atoms with Gasteiger partial charge in [-0.2, -0.15) is 0 Å². The van der Waals surface area contributed by atoms with Crippen molar-refractivity contribution < 1.29 is 14.3 Å². The first-order valence-corrected chi connectivity index (χ1v) is 9.02. The Kier molecular flexibility index (Phi) is 10.8. The van der Waals surface area contributed by atoms with Crippen LogP contribution < -0.4 is 10.6 Å². The van der Waals surface area contributed by atoms with Crippen molar-refractivity contribution in [3.05, 3.63) is 35.9 Å². The van der Waals surface area contributed by atoms with Gasteiger partial charge in [-0.1, -0.05) is 18.2 Å². The van der Waals surface area contributed by atoms with E-state index in [0.29, 0.717) is 12.1 Å². The van der Waals surface area contributed by atoms with Crippen molar-refractivity contribution in [1.29, 1.82) is 0 Å². The molecule has 7 nitrogen and oxygen atoms in total. The van der Waals surface area contributed by atoms with E-state index in [-0.39, 0.29) is 41.8 Å². The van der Waals surface area contributed by atoms with Crippen molar-refractivity contribution in [3.8, 4) is 0 Å². The second-order valence-electron chi connectivity index (χ2n) is 6.23. The quantitative estimate of drug-likeness (QED) is 0.210. The molecule has 1 aromatic carbocycles. The van der Waals surface area contributed by atoms with Crippen LogP contribution in [0, 0.1) is 5.92 Å². The minimum absolute atomic E-state index is 0. The maximum absolute atomic E-state index is 12.0. The highest BCUT2D eigenvalue weighted by molar-refractivity contribution is 14.0. The molecular formula is C19H29IN4O3. The highest BCUT2D eigenvalue weighted by Crippen LogP contribution is 2.18. The zero-order valence-corrected chi connectivity index (χ0v) is 18.3. The van der Waals surface area contributed by atoms with E-state index in [0.717, 1.165) is 44.9 Å². The predicted molar refractivity (Wildman–Crippen MR) is 116 cm³/mol. The summed E-state index contributed by atoms with van der Waals surface area (Å²) in [6.45, 7) is 2.88. The summed E-state index contributed by atoms with van der Waals surface area (Å²) in [7, 11) is 3.19. The Morgan fingerprint density at radius 3 is 2.37 bits per heavy atom. The van der Waals surface area contributed by atoms with E-state index in [2.05, 4.69) is 20.5 Å². The monoisotopic (exact) mass is 488 g/mol. The zero-order valence-electron chi connectivity index (χ0n) is 15.9. The van der Waals surface area contributed by atoms with E-state index >= 15 is 0 Å². The molecule has 0 radical (unpaired) electrons. The minimum atomic E-state index is -0.123. The molecule has 0 atom stereocenters. The molecule has 0 bridgehead atoms. The third-order valence-electron chi connectivity index (χ3n) is 4.50. The molecule has 2 N–H and O–H groups in total. The molecule has 0 aliphatic carbocycles. The number of ether oxygens (including phenoxy) is 1. The number of nitrogens with one attached hydrogen (secondary N) is 2. The van der Waals surface area contributed by atoms with Crippen LogP contribution in [0.3, 0.4) is 0 Å². The van der Waals surface area contributed by atoms with Gasteiger partial charge in [-0.3, -0.25) is 14.6 Å². The van der Waals surface area contributed by atoms with Gasteiger partial charge in [0.1, 0.15) is 0 Å². The summed E-state index contributed by atoms with van der Waals surface area (Å²) < 4.78 is 4.82. The van der Waals surface area contributed by atoms with Crippen molar-refractivity contribution in [2.45, 2.75) is 19.3 Å². The Labute approximate surface area is 178 Å². The fourth-order valence-electron chi connectivity index (χ4n) is 3.01. The largest absolute Gasteiger partial charge is 0.469 e. The number of benzene rings is 1. The number of guanidine groups is 1. The number of esters is 1. The van der Waals surface area contributed by atoms with Crippen LogP contribution in [0.2, 0.25) is 0 Å². The first kappa shape index (κ1) is 23.2. The van der Waals surface area contributed by atoms with E-state index in [1.165, 1.54) is 7.11 Å². The first-order chi connectivity index (χ1) is 12.7. The Morgan fingerprint density at radius 2 is 1.78 bits per heavy atom. The Hall–Kier alpha value is -1.84. The third-order valence-corrected chi connectivity index (χ3v) is 4.50. The van der Waals surface area contributed by atoms with Gasteiger partial charge in [0.2, 0.25) is 0 Å². The Bertz CT molecular complexity index is 617.